The zero-order chi connectivity index (χ0) is 13.2. The summed E-state index contributed by atoms with van der Waals surface area (Å²) < 4.78 is 25.0. The summed E-state index contributed by atoms with van der Waals surface area (Å²) in [6, 6.07) is -0.207. The smallest absolute Gasteiger partial charge is 0.239 e. The van der Waals surface area contributed by atoms with Crippen molar-refractivity contribution < 1.29 is 13.2 Å². The molecule has 0 saturated carbocycles. The summed E-state index contributed by atoms with van der Waals surface area (Å²) in [6.45, 7) is 2.12. The van der Waals surface area contributed by atoms with Crippen molar-refractivity contribution in [2.45, 2.75) is 37.8 Å². The molecule has 104 valence electrons. The van der Waals surface area contributed by atoms with Crippen LogP contribution in [0.3, 0.4) is 0 Å². The first-order chi connectivity index (χ1) is 8.46. The molecule has 2 aliphatic heterocycles. The third-order valence-electron chi connectivity index (χ3n) is 3.47. The first-order valence-corrected chi connectivity index (χ1v) is 8.34. The normalized spacial score (nSPS) is 29.5. The molecule has 2 fully saturated rings. The minimum Gasteiger partial charge on any atom is -0.340 e. The lowest BCUT2D eigenvalue weighted by molar-refractivity contribution is -0.134. The highest BCUT2D eigenvalue weighted by molar-refractivity contribution is 7.88. The van der Waals surface area contributed by atoms with E-state index in [1.54, 1.807) is 4.90 Å². The van der Waals surface area contributed by atoms with Crippen LogP contribution in [0.4, 0.5) is 0 Å². The van der Waals surface area contributed by atoms with Crippen LogP contribution in [-0.2, 0) is 14.8 Å². The van der Waals surface area contributed by atoms with Gasteiger partial charge in [-0.1, -0.05) is 0 Å². The van der Waals surface area contributed by atoms with Gasteiger partial charge >= 0.3 is 0 Å². The molecule has 0 radical (unpaired) electrons. The molecule has 1 unspecified atom stereocenters. The van der Waals surface area contributed by atoms with E-state index in [0.717, 1.165) is 45.0 Å². The second kappa shape index (κ2) is 5.54. The molecule has 6 nitrogen and oxygen atoms in total. The predicted molar refractivity (Wildman–Crippen MR) is 68.6 cm³/mol. The van der Waals surface area contributed by atoms with Crippen LogP contribution in [0.15, 0.2) is 0 Å². The van der Waals surface area contributed by atoms with Gasteiger partial charge in [-0.3, -0.25) is 4.79 Å². The van der Waals surface area contributed by atoms with Crippen molar-refractivity contribution in [1.29, 1.82) is 0 Å². The summed E-state index contributed by atoms with van der Waals surface area (Å²) in [5.41, 5.74) is 0. The molecule has 0 spiro atoms. The maximum Gasteiger partial charge on any atom is 0.239 e. The van der Waals surface area contributed by atoms with E-state index in [-0.39, 0.29) is 18.0 Å². The number of amides is 1. The number of hydrogen-bond donors (Lipinski definition) is 2. The van der Waals surface area contributed by atoms with Gasteiger partial charge in [0.25, 0.3) is 0 Å². The van der Waals surface area contributed by atoms with Gasteiger partial charge in [-0.25, -0.2) is 13.1 Å². The van der Waals surface area contributed by atoms with E-state index >= 15 is 0 Å². The SMILES string of the molecule is CS(=O)(=O)NC1CCCN(C(=O)[C@H]2CCCN2)C1. The number of piperidine rings is 1. The van der Waals surface area contributed by atoms with E-state index in [9.17, 15) is 13.2 Å². The van der Waals surface area contributed by atoms with Crippen molar-refractivity contribution in [3.8, 4) is 0 Å². The maximum atomic E-state index is 12.2. The molecule has 0 aromatic rings. The summed E-state index contributed by atoms with van der Waals surface area (Å²) >= 11 is 0. The van der Waals surface area contributed by atoms with Crippen LogP contribution in [0.5, 0.6) is 0 Å². The molecule has 2 atom stereocenters. The zero-order valence-corrected chi connectivity index (χ0v) is 11.5. The first-order valence-electron chi connectivity index (χ1n) is 6.45. The lowest BCUT2D eigenvalue weighted by atomic mass is 10.1. The highest BCUT2D eigenvalue weighted by atomic mass is 32.2. The number of rotatable bonds is 3. The fourth-order valence-electron chi connectivity index (χ4n) is 2.69. The minimum absolute atomic E-state index is 0.0676. The fraction of sp³-hybridized carbons (Fsp3) is 0.909. The Kier molecular flexibility index (Phi) is 4.24. The molecule has 0 aromatic carbocycles. The third-order valence-corrected chi connectivity index (χ3v) is 4.23. The summed E-state index contributed by atoms with van der Waals surface area (Å²) in [7, 11) is -3.20. The Morgan fingerprint density at radius 2 is 2.11 bits per heavy atom. The minimum atomic E-state index is -3.20. The summed E-state index contributed by atoms with van der Waals surface area (Å²) in [5, 5.41) is 3.19. The molecule has 7 heteroatoms. The van der Waals surface area contributed by atoms with Crippen molar-refractivity contribution in [1.82, 2.24) is 14.9 Å². The van der Waals surface area contributed by atoms with E-state index in [2.05, 4.69) is 10.0 Å². The summed E-state index contributed by atoms with van der Waals surface area (Å²) in [6.07, 6.45) is 4.74. The molecule has 2 rings (SSSR count). The van der Waals surface area contributed by atoms with E-state index in [1.807, 2.05) is 0 Å². The quantitative estimate of drug-likeness (QED) is 0.712. The van der Waals surface area contributed by atoms with Crippen LogP contribution in [0.1, 0.15) is 25.7 Å². The Hall–Kier alpha value is -0.660. The molecule has 2 saturated heterocycles. The molecule has 2 N–H and O–H groups in total. The van der Waals surface area contributed by atoms with Gasteiger partial charge < -0.3 is 10.2 Å². The van der Waals surface area contributed by atoms with Crippen molar-refractivity contribution in [2.24, 2.45) is 0 Å². The Balaban J connectivity index is 1.91. The first kappa shape index (κ1) is 13.8. The molecular formula is C11H21N3O3S. The number of carbonyl (C=O) groups excluding carboxylic acids is 1. The van der Waals surface area contributed by atoms with Gasteiger partial charge in [0, 0.05) is 19.1 Å². The van der Waals surface area contributed by atoms with Gasteiger partial charge in [0.2, 0.25) is 15.9 Å². The molecule has 2 heterocycles. The van der Waals surface area contributed by atoms with Gasteiger partial charge in [0.15, 0.2) is 0 Å². The Morgan fingerprint density at radius 3 is 2.72 bits per heavy atom. The van der Waals surface area contributed by atoms with E-state index < -0.39 is 10.0 Å². The van der Waals surface area contributed by atoms with E-state index in [0.29, 0.717) is 6.54 Å². The Bertz CT molecular complexity index is 404. The highest BCUT2D eigenvalue weighted by Gasteiger charge is 2.31. The lowest BCUT2D eigenvalue weighted by Gasteiger charge is -2.34. The number of hydrogen-bond acceptors (Lipinski definition) is 4. The predicted octanol–water partition coefficient (Wildman–Crippen LogP) is -0.721. The molecule has 0 aliphatic carbocycles. The number of carbonyl (C=O) groups is 1. The average molecular weight is 275 g/mol. The molecule has 18 heavy (non-hydrogen) atoms. The standard InChI is InChI=1S/C11H21N3O3S/c1-18(16,17)13-9-4-3-7-14(8-9)11(15)10-5-2-6-12-10/h9-10,12-13H,2-8H2,1H3/t9?,10-/m1/s1. The molecule has 0 bridgehead atoms. The number of nitrogens with zero attached hydrogens (tertiary/aromatic N) is 1. The zero-order valence-electron chi connectivity index (χ0n) is 10.7. The largest absolute Gasteiger partial charge is 0.340 e. The van der Waals surface area contributed by atoms with Gasteiger partial charge in [-0.05, 0) is 32.2 Å². The lowest BCUT2D eigenvalue weighted by Crippen LogP contribution is -2.53. The third kappa shape index (κ3) is 3.66. The molecule has 2 aliphatic rings. The number of sulfonamides is 1. The van der Waals surface area contributed by atoms with Crippen molar-refractivity contribution in [2.75, 3.05) is 25.9 Å². The van der Waals surface area contributed by atoms with Gasteiger partial charge in [0.1, 0.15) is 0 Å². The van der Waals surface area contributed by atoms with Gasteiger partial charge in [-0.15, -0.1) is 0 Å². The van der Waals surface area contributed by atoms with Crippen molar-refractivity contribution in [3.05, 3.63) is 0 Å². The Labute approximate surface area is 108 Å². The molecule has 1 amide bonds. The van der Waals surface area contributed by atoms with Gasteiger partial charge in [0.05, 0.1) is 12.3 Å². The van der Waals surface area contributed by atoms with Crippen LogP contribution in [0, 0.1) is 0 Å². The van der Waals surface area contributed by atoms with E-state index in [1.165, 1.54) is 0 Å². The Morgan fingerprint density at radius 1 is 1.33 bits per heavy atom. The van der Waals surface area contributed by atoms with Gasteiger partial charge in [-0.2, -0.15) is 0 Å². The number of nitrogens with one attached hydrogen (secondary N) is 2. The molecular weight excluding hydrogens is 254 g/mol. The maximum absolute atomic E-state index is 12.2. The molecule has 0 aromatic heterocycles. The van der Waals surface area contributed by atoms with E-state index in [4.69, 9.17) is 0 Å². The fourth-order valence-corrected chi connectivity index (χ4v) is 3.49. The van der Waals surface area contributed by atoms with Crippen LogP contribution < -0.4 is 10.0 Å². The van der Waals surface area contributed by atoms with Crippen molar-refractivity contribution in [3.63, 3.8) is 0 Å². The van der Waals surface area contributed by atoms with Crippen LogP contribution >= 0.6 is 0 Å². The second-order valence-corrected chi connectivity index (χ2v) is 6.94. The van der Waals surface area contributed by atoms with Crippen LogP contribution in [-0.4, -0.2) is 57.2 Å². The van der Waals surface area contributed by atoms with Crippen LogP contribution in [0.2, 0.25) is 0 Å². The van der Waals surface area contributed by atoms with Crippen LogP contribution in [0.25, 0.3) is 0 Å². The summed E-state index contributed by atoms with van der Waals surface area (Å²) in [4.78, 5) is 14.0. The van der Waals surface area contributed by atoms with Crippen molar-refractivity contribution >= 4 is 15.9 Å². The highest BCUT2D eigenvalue weighted by Crippen LogP contribution is 2.15. The average Bonchev–Trinajstić information content (AvgIpc) is 2.79. The second-order valence-electron chi connectivity index (χ2n) is 5.16. The topological polar surface area (TPSA) is 78.5 Å². The monoisotopic (exact) mass is 275 g/mol. The summed E-state index contributed by atoms with van der Waals surface area (Å²) in [5.74, 6) is 0.118. The number of likely N-dealkylation sites (tertiary alicyclic amines) is 1.